The Morgan fingerprint density at radius 3 is 2.33 bits per heavy atom. The molecule has 2 aromatic rings. The van der Waals surface area contributed by atoms with E-state index in [0.29, 0.717) is 11.7 Å². The molecular weight excluding hydrogens is 299 g/mol. The SMILES string of the molecule is C=CCCC[C@H]1CC[C@H](c2cnc(-c3ccc(F)cc3)nc2)CC1. The van der Waals surface area contributed by atoms with Crippen molar-refractivity contribution < 1.29 is 4.39 Å². The molecule has 1 fully saturated rings. The Morgan fingerprint density at radius 2 is 1.71 bits per heavy atom. The van der Waals surface area contributed by atoms with Crippen molar-refractivity contribution in [3.8, 4) is 11.4 Å². The first kappa shape index (κ1) is 16.8. The third-order valence-corrected chi connectivity index (χ3v) is 5.11. The van der Waals surface area contributed by atoms with Crippen LogP contribution in [0.2, 0.25) is 0 Å². The first-order valence-electron chi connectivity index (χ1n) is 8.95. The number of rotatable bonds is 6. The van der Waals surface area contributed by atoms with E-state index < -0.39 is 0 Å². The number of hydrogen-bond acceptors (Lipinski definition) is 2. The Morgan fingerprint density at radius 1 is 1.04 bits per heavy atom. The lowest BCUT2D eigenvalue weighted by atomic mass is 9.77. The molecule has 2 nitrogen and oxygen atoms in total. The van der Waals surface area contributed by atoms with E-state index in [1.807, 2.05) is 18.5 Å². The molecule has 24 heavy (non-hydrogen) atoms. The molecule has 0 unspecified atom stereocenters. The molecule has 1 aromatic heterocycles. The minimum atomic E-state index is -0.236. The molecule has 126 valence electrons. The number of benzene rings is 1. The second kappa shape index (κ2) is 8.18. The van der Waals surface area contributed by atoms with E-state index in [0.717, 1.165) is 17.9 Å². The van der Waals surface area contributed by atoms with Gasteiger partial charge in [0.2, 0.25) is 0 Å². The highest BCUT2D eigenvalue weighted by atomic mass is 19.1. The summed E-state index contributed by atoms with van der Waals surface area (Å²) in [4.78, 5) is 8.98. The molecule has 1 aliphatic carbocycles. The van der Waals surface area contributed by atoms with Gasteiger partial charge in [0, 0.05) is 18.0 Å². The summed E-state index contributed by atoms with van der Waals surface area (Å²) in [5.74, 6) is 1.89. The van der Waals surface area contributed by atoms with E-state index in [9.17, 15) is 4.39 Å². The fourth-order valence-corrected chi connectivity index (χ4v) is 3.63. The molecule has 1 saturated carbocycles. The standard InChI is InChI=1S/C21H25FN2/c1-2-3-4-5-16-6-8-17(9-7-16)19-14-23-21(24-15-19)18-10-12-20(22)13-11-18/h2,10-17H,1,3-9H2/t16-,17-. The maximum Gasteiger partial charge on any atom is 0.159 e. The van der Waals surface area contributed by atoms with Gasteiger partial charge in [0.1, 0.15) is 5.82 Å². The fraction of sp³-hybridized carbons (Fsp3) is 0.429. The topological polar surface area (TPSA) is 25.8 Å². The van der Waals surface area contributed by atoms with Crippen LogP contribution in [0.1, 0.15) is 56.4 Å². The lowest BCUT2D eigenvalue weighted by molar-refractivity contribution is 0.305. The zero-order valence-corrected chi connectivity index (χ0v) is 14.1. The molecule has 0 radical (unpaired) electrons. The minimum absolute atomic E-state index is 0.236. The van der Waals surface area contributed by atoms with Gasteiger partial charge >= 0.3 is 0 Å². The summed E-state index contributed by atoms with van der Waals surface area (Å²) in [5, 5.41) is 0. The summed E-state index contributed by atoms with van der Waals surface area (Å²) >= 11 is 0. The molecule has 3 rings (SSSR count). The van der Waals surface area contributed by atoms with Crippen molar-refractivity contribution in [1.82, 2.24) is 9.97 Å². The van der Waals surface area contributed by atoms with E-state index in [2.05, 4.69) is 16.5 Å². The zero-order chi connectivity index (χ0) is 16.8. The van der Waals surface area contributed by atoms with Crippen molar-refractivity contribution in [2.24, 2.45) is 5.92 Å². The van der Waals surface area contributed by atoms with Crippen molar-refractivity contribution in [1.29, 1.82) is 0 Å². The Labute approximate surface area is 143 Å². The molecule has 0 N–H and O–H groups in total. The van der Waals surface area contributed by atoms with Gasteiger partial charge in [-0.2, -0.15) is 0 Å². The van der Waals surface area contributed by atoms with Crippen molar-refractivity contribution in [3.05, 3.63) is 60.7 Å². The smallest absolute Gasteiger partial charge is 0.159 e. The van der Waals surface area contributed by atoms with Gasteiger partial charge in [-0.25, -0.2) is 14.4 Å². The summed E-state index contributed by atoms with van der Waals surface area (Å²) in [6, 6.07) is 6.33. The maximum atomic E-state index is 13.0. The maximum absolute atomic E-state index is 13.0. The van der Waals surface area contributed by atoms with Crippen molar-refractivity contribution in [3.63, 3.8) is 0 Å². The average molecular weight is 324 g/mol. The molecule has 0 bridgehead atoms. The number of hydrogen-bond donors (Lipinski definition) is 0. The summed E-state index contributed by atoms with van der Waals surface area (Å²) in [6.07, 6.45) is 14.7. The number of halogens is 1. The molecular formula is C21H25FN2. The van der Waals surface area contributed by atoms with Crippen molar-refractivity contribution in [2.45, 2.75) is 50.9 Å². The number of unbranched alkanes of at least 4 members (excludes halogenated alkanes) is 1. The van der Waals surface area contributed by atoms with E-state index in [4.69, 9.17) is 0 Å². The van der Waals surface area contributed by atoms with E-state index in [1.165, 1.54) is 56.2 Å². The van der Waals surface area contributed by atoms with Crippen LogP contribution >= 0.6 is 0 Å². The van der Waals surface area contributed by atoms with Crippen LogP contribution in [-0.2, 0) is 0 Å². The Balaban J connectivity index is 1.56. The van der Waals surface area contributed by atoms with Crippen molar-refractivity contribution >= 4 is 0 Å². The second-order valence-corrected chi connectivity index (χ2v) is 6.78. The molecule has 0 amide bonds. The predicted octanol–water partition coefficient (Wildman–Crippen LogP) is 5.91. The van der Waals surface area contributed by atoms with Gasteiger partial charge in [0.25, 0.3) is 0 Å². The third-order valence-electron chi connectivity index (χ3n) is 5.11. The van der Waals surface area contributed by atoms with E-state index in [-0.39, 0.29) is 5.82 Å². The van der Waals surface area contributed by atoms with Gasteiger partial charge in [-0.15, -0.1) is 6.58 Å². The van der Waals surface area contributed by atoms with E-state index in [1.54, 1.807) is 12.1 Å². The van der Waals surface area contributed by atoms with E-state index >= 15 is 0 Å². The normalized spacial score (nSPS) is 20.7. The summed E-state index contributed by atoms with van der Waals surface area (Å²) in [6.45, 7) is 3.80. The quantitative estimate of drug-likeness (QED) is 0.487. The molecule has 0 saturated heterocycles. The van der Waals surface area contributed by atoms with Crippen LogP contribution in [0.3, 0.4) is 0 Å². The molecule has 1 aromatic carbocycles. The van der Waals surface area contributed by atoms with Crippen LogP contribution < -0.4 is 0 Å². The number of allylic oxidation sites excluding steroid dienone is 1. The molecule has 0 aliphatic heterocycles. The van der Waals surface area contributed by atoms with Gasteiger partial charge in [-0.3, -0.25) is 0 Å². The minimum Gasteiger partial charge on any atom is -0.236 e. The first-order valence-corrected chi connectivity index (χ1v) is 8.95. The van der Waals surface area contributed by atoms with Gasteiger partial charge < -0.3 is 0 Å². The number of aromatic nitrogens is 2. The predicted molar refractivity (Wildman–Crippen MR) is 96.2 cm³/mol. The number of nitrogens with zero attached hydrogens (tertiary/aromatic N) is 2. The highest BCUT2D eigenvalue weighted by Crippen LogP contribution is 2.37. The van der Waals surface area contributed by atoms with Crippen LogP contribution in [0.15, 0.2) is 49.3 Å². The third kappa shape index (κ3) is 4.28. The summed E-state index contributed by atoms with van der Waals surface area (Å²) in [7, 11) is 0. The van der Waals surface area contributed by atoms with Gasteiger partial charge in [0.15, 0.2) is 5.82 Å². The average Bonchev–Trinajstić information content (AvgIpc) is 2.63. The van der Waals surface area contributed by atoms with Crippen LogP contribution in [0, 0.1) is 11.7 Å². The summed E-state index contributed by atoms with van der Waals surface area (Å²) in [5.41, 5.74) is 2.10. The molecule has 3 heteroatoms. The molecule has 0 spiro atoms. The van der Waals surface area contributed by atoms with Crippen LogP contribution in [-0.4, -0.2) is 9.97 Å². The monoisotopic (exact) mass is 324 g/mol. The lowest BCUT2D eigenvalue weighted by Gasteiger charge is -2.28. The summed E-state index contributed by atoms with van der Waals surface area (Å²) < 4.78 is 13.0. The second-order valence-electron chi connectivity index (χ2n) is 6.78. The zero-order valence-electron chi connectivity index (χ0n) is 14.1. The highest BCUT2D eigenvalue weighted by molar-refractivity contribution is 5.54. The highest BCUT2D eigenvalue weighted by Gasteiger charge is 2.22. The first-order chi connectivity index (χ1) is 11.8. The lowest BCUT2D eigenvalue weighted by Crippen LogP contribution is -2.13. The van der Waals surface area contributed by atoms with Gasteiger partial charge in [-0.1, -0.05) is 12.5 Å². The molecule has 1 aliphatic rings. The van der Waals surface area contributed by atoms with Gasteiger partial charge in [0.05, 0.1) is 0 Å². The molecule has 0 atom stereocenters. The largest absolute Gasteiger partial charge is 0.236 e. The van der Waals surface area contributed by atoms with Gasteiger partial charge in [-0.05, 0) is 80.2 Å². The van der Waals surface area contributed by atoms with Crippen LogP contribution in [0.5, 0.6) is 0 Å². The van der Waals surface area contributed by atoms with Crippen LogP contribution in [0.4, 0.5) is 4.39 Å². The van der Waals surface area contributed by atoms with Crippen LogP contribution in [0.25, 0.3) is 11.4 Å². The fourth-order valence-electron chi connectivity index (χ4n) is 3.63. The molecule has 1 heterocycles. The Kier molecular flexibility index (Phi) is 5.73. The Hall–Kier alpha value is -2.03. The Bertz CT molecular complexity index is 641. The van der Waals surface area contributed by atoms with Crippen molar-refractivity contribution in [2.75, 3.05) is 0 Å².